The van der Waals surface area contributed by atoms with Gasteiger partial charge in [-0.1, -0.05) is 12.2 Å². The molecule has 0 radical (unpaired) electrons. The fraction of sp³-hybridized carbons (Fsp3) is 0.273. The van der Waals surface area contributed by atoms with E-state index in [-0.39, 0.29) is 11.9 Å². The van der Waals surface area contributed by atoms with E-state index in [9.17, 15) is 9.59 Å². The van der Waals surface area contributed by atoms with Gasteiger partial charge in [0.1, 0.15) is 5.69 Å². The Morgan fingerprint density at radius 1 is 1.47 bits per heavy atom. The molecule has 1 aliphatic carbocycles. The Labute approximate surface area is 106 Å². The maximum Gasteiger partial charge on any atom is 0.310 e. The molecule has 0 aromatic carbocycles. The Balaban J connectivity index is 1.93. The number of carboxylic acids is 1. The van der Waals surface area contributed by atoms with Crippen molar-refractivity contribution in [2.75, 3.05) is 0 Å². The summed E-state index contributed by atoms with van der Waals surface area (Å²) in [7, 11) is 0. The standard InChI is InChI=1S/C11H11BrN2O3/c12-7-4-9(13-5-7)10(15)14-8-2-1-6(3-8)11(16)17/h1-2,4-6,8,13H,3H2,(H,14,15)(H,16,17). The molecule has 0 spiro atoms. The number of nitrogens with one attached hydrogen (secondary N) is 2. The van der Waals surface area contributed by atoms with Crippen molar-refractivity contribution in [2.45, 2.75) is 12.5 Å². The highest BCUT2D eigenvalue weighted by atomic mass is 79.9. The van der Waals surface area contributed by atoms with Gasteiger partial charge in [-0.3, -0.25) is 9.59 Å². The van der Waals surface area contributed by atoms with Crippen LogP contribution in [0.4, 0.5) is 0 Å². The fourth-order valence-electron chi connectivity index (χ4n) is 1.73. The summed E-state index contributed by atoms with van der Waals surface area (Å²) in [6, 6.07) is 1.45. The zero-order valence-corrected chi connectivity index (χ0v) is 10.4. The highest BCUT2D eigenvalue weighted by Crippen LogP contribution is 2.18. The molecule has 1 aromatic rings. The minimum Gasteiger partial charge on any atom is -0.481 e. The summed E-state index contributed by atoms with van der Waals surface area (Å²) in [5.41, 5.74) is 0.448. The molecule has 90 valence electrons. The molecule has 2 atom stereocenters. The molecule has 0 bridgehead atoms. The molecular formula is C11H11BrN2O3. The van der Waals surface area contributed by atoms with Crippen molar-refractivity contribution in [2.24, 2.45) is 5.92 Å². The van der Waals surface area contributed by atoms with Crippen molar-refractivity contribution in [3.8, 4) is 0 Å². The lowest BCUT2D eigenvalue weighted by atomic mass is 10.1. The van der Waals surface area contributed by atoms with Gasteiger partial charge in [0, 0.05) is 16.7 Å². The van der Waals surface area contributed by atoms with E-state index >= 15 is 0 Å². The molecule has 1 aromatic heterocycles. The van der Waals surface area contributed by atoms with Gasteiger partial charge in [0.2, 0.25) is 0 Å². The predicted octanol–water partition coefficient (Wildman–Crippen LogP) is 1.54. The number of hydrogen-bond donors (Lipinski definition) is 3. The van der Waals surface area contributed by atoms with Gasteiger partial charge in [0.15, 0.2) is 0 Å². The topological polar surface area (TPSA) is 82.2 Å². The van der Waals surface area contributed by atoms with Crippen LogP contribution in [0.3, 0.4) is 0 Å². The van der Waals surface area contributed by atoms with Gasteiger partial charge in [-0.15, -0.1) is 0 Å². The Morgan fingerprint density at radius 3 is 2.76 bits per heavy atom. The molecule has 1 amide bonds. The van der Waals surface area contributed by atoms with Crippen LogP contribution >= 0.6 is 15.9 Å². The second-order valence-corrected chi connectivity index (χ2v) is 4.79. The largest absolute Gasteiger partial charge is 0.481 e. The predicted molar refractivity (Wildman–Crippen MR) is 64.6 cm³/mol. The third-order valence-electron chi connectivity index (χ3n) is 2.61. The van der Waals surface area contributed by atoms with E-state index in [0.29, 0.717) is 12.1 Å². The lowest BCUT2D eigenvalue weighted by Crippen LogP contribution is -2.33. The van der Waals surface area contributed by atoms with E-state index in [1.165, 1.54) is 0 Å². The van der Waals surface area contributed by atoms with Crippen molar-refractivity contribution < 1.29 is 14.7 Å². The van der Waals surface area contributed by atoms with Crippen LogP contribution in [0.15, 0.2) is 28.9 Å². The average molecular weight is 299 g/mol. The molecule has 2 unspecified atom stereocenters. The summed E-state index contributed by atoms with van der Waals surface area (Å²) in [6.07, 6.45) is 5.40. The normalized spacial score (nSPS) is 22.6. The lowest BCUT2D eigenvalue weighted by molar-refractivity contribution is -0.140. The number of aromatic amines is 1. The lowest BCUT2D eigenvalue weighted by Gasteiger charge is -2.11. The molecule has 1 aliphatic rings. The second-order valence-electron chi connectivity index (χ2n) is 3.88. The van der Waals surface area contributed by atoms with Gasteiger partial charge in [-0.05, 0) is 28.4 Å². The van der Waals surface area contributed by atoms with Crippen molar-refractivity contribution in [3.63, 3.8) is 0 Å². The van der Waals surface area contributed by atoms with Crippen molar-refractivity contribution in [3.05, 3.63) is 34.6 Å². The Bertz CT molecular complexity index is 481. The minimum absolute atomic E-state index is 0.217. The summed E-state index contributed by atoms with van der Waals surface area (Å²) in [6.45, 7) is 0. The molecule has 2 rings (SSSR count). The van der Waals surface area contributed by atoms with Crippen molar-refractivity contribution in [1.82, 2.24) is 10.3 Å². The van der Waals surface area contributed by atoms with Gasteiger partial charge in [0.25, 0.3) is 5.91 Å². The highest BCUT2D eigenvalue weighted by molar-refractivity contribution is 9.10. The molecule has 5 nitrogen and oxygen atoms in total. The van der Waals surface area contributed by atoms with Gasteiger partial charge in [-0.2, -0.15) is 0 Å². The minimum atomic E-state index is -0.861. The number of H-pyrrole nitrogens is 1. The maximum absolute atomic E-state index is 11.7. The highest BCUT2D eigenvalue weighted by Gasteiger charge is 2.25. The van der Waals surface area contributed by atoms with Crippen LogP contribution in [0.1, 0.15) is 16.9 Å². The molecule has 0 saturated carbocycles. The summed E-state index contributed by atoms with van der Waals surface area (Å²) >= 11 is 3.24. The van der Waals surface area contributed by atoms with Crippen LogP contribution in [-0.4, -0.2) is 28.0 Å². The summed E-state index contributed by atoms with van der Waals surface area (Å²) in [5.74, 6) is -1.60. The summed E-state index contributed by atoms with van der Waals surface area (Å²) in [5, 5.41) is 11.6. The smallest absolute Gasteiger partial charge is 0.310 e. The molecule has 1 heterocycles. The first-order valence-electron chi connectivity index (χ1n) is 5.12. The van der Waals surface area contributed by atoms with E-state index in [0.717, 1.165) is 4.47 Å². The Kier molecular flexibility index (Phi) is 3.33. The summed E-state index contributed by atoms with van der Waals surface area (Å²) in [4.78, 5) is 25.3. The van der Waals surface area contributed by atoms with E-state index in [2.05, 4.69) is 26.2 Å². The third-order valence-corrected chi connectivity index (χ3v) is 3.07. The zero-order chi connectivity index (χ0) is 12.4. The SMILES string of the molecule is O=C(NC1C=CC(C(=O)O)C1)c1cc(Br)c[nH]1. The number of carbonyl (C=O) groups is 2. The first kappa shape index (κ1) is 11.9. The number of amides is 1. The van der Waals surface area contributed by atoms with Gasteiger partial charge in [-0.25, -0.2) is 0 Å². The molecule has 0 aliphatic heterocycles. The number of aliphatic carboxylic acids is 1. The number of carbonyl (C=O) groups excluding carboxylic acids is 1. The van der Waals surface area contributed by atoms with E-state index in [1.807, 2.05) is 0 Å². The number of carboxylic acid groups (broad SMARTS) is 1. The van der Waals surface area contributed by atoms with E-state index in [1.54, 1.807) is 24.4 Å². The van der Waals surface area contributed by atoms with Gasteiger partial charge < -0.3 is 15.4 Å². The first-order valence-corrected chi connectivity index (χ1v) is 5.91. The molecule has 0 fully saturated rings. The van der Waals surface area contributed by atoms with E-state index in [4.69, 9.17) is 5.11 Å². The van der Waals surface area contributed by atoms with Crippen LogP contribution in [0.5, 0.6) is 0 Å². The molecular weight excluding hydrogens is 288 g/mol. The second kappa shape index (κ2) is 4.75. The first-order chi connectivity index (χ1) is 8.06. The van der Waals surface area contributed by atoms with Crippen LogP contribution in [-0.2, 0) is 4.79 Å². The summed E-state index contributed by atoms with van der Waals surface area (Å²) < 4.78 is 0.799. The number of halogens is 1. The molecule has 6 heteroatoms. The monoisotopic (exact) mass is 298 g/mol. The maximum atomic E-state index is 11.7. The van der Waals surface area contributed by atoms with Gasteiger partial charge in [0.05, 0.1) is 5.92 Å². The van der Waals surface area contributed by atoms with Gasteiger partial charge >= 0.3 is 5.97 Å². The molecule has 17 heavy (non-hydrogen) atoms. The fourth-order valence-corrected chi connectivity index (χ4v) is 2.08. The third kappa shape index (κ3) is 2.76. The van der Waals surface area contributed by atoms with E-state index < -0.39 is 11.9 Å². The quantitative estimate of drug-likeness (QED) is 0.740. The number of aromatic nitrogens is 1. The van der Waals surface area contributed by atoms with Crippen molar-refractivity contribution >= 4 is 27.8 Å². The number of hydrogen-bond acceptors (Lipinski definition) is 2. The molecule has 0 saturated heterocycles. The average Bonchev–Trinajstić information content (AvgIpc) is 2.86. The van der Waals surface area contributed by atoms with Crippen LogP contribution in [0.25, 0.3) is 0 Å². The van der Waals surface area contributed by atoms with Crippen LogP contribution < -0.4 is 5.32 Å². The Hall–Kier alpha value is -1.56. The Morgan fingerprint density at radius 2 is 2.24 bits per heavy atom. The number of rotatable bonds is 3. The zero-order valence-electron chi connectivity index (χ0n) is 8.81. The van der Waals surface area contributed by atoms with Crippen LogP contribution in [0, 0.1) is 5.92 Å². The van der Waals surface area contributed by atoms with Crippen LogP contribution in [0.2, 0.25) is 0 Å². The van der Waals surface area contributed by atoms with Crippen molar-refractivity contribution in [1.29, 1.82) is 0 Å². The molecule has 3 N–H and O–H groups in total.